The lowest BCUT2D eigenvalue weighted by Gasteiger charge is -2.19. The van der Waals surface area contributed by atoms with E-state index in [2.05, 4.69) is 15.0 Å². The fourth-order valence-corrected chi connectivity index (χ4v) is 3.76. The first kappa shape index (κ1) is 17.3. The minimum atomic E-state index is -3.65. The van der Waals surface area contributed by atoms with E-state index < -0.39 is 16.3 Å². The number of nitrogens with zero attached hydrogens (tertiary/aromatic N) is 1. The molecule has 1 aliphatic rings. The van der Waals surface area contributed by atoms with Crippen molar-refractivity contribution in [3.05, 3.63) is 58.2 Å². The van der Waals surface area contributed by atoms with Crippen LogP contribution in [0, 0.1) is 0 Å². The highest BCUT2D eigenvalue weighted by molar-refractivity contribution is 7.89. The number of pyridine rings is 1. The van der Waals surface area contributed by atoms with Crippen molar-refractivity contribution in [3.8, 4) is 0 Å². The number of rotatable bonds is 5. The molecule has 1 aliphatic carbocycles. The van der Waals surface area contributed by atoms with E-state index >= 15 is 0 Å². The van der Waals surface area contributed by atoms with E-state index in [1.165, 1.54) is 13.1 Å². The zero-order valence-electron chi connectivity index (χ0n) is 13.0. The summed E-state index contributed by atoms with van der Waals surface area (Å²) in [4.78, 5) is 4.04. The van der Waals surface area contributed by atoms with Gasteiger partial charge < -0.3 is 5.11 Å². The molecule has 0 saturated heterocycles. The van der Waals surface area contributed by atoms with E-state index in [9.17, 15) is 13.5 Å². The number of aliphatic hydroxyl groups is 1. The molecule has 0 saturated carbocycles. The number of aromatic nitrogens is 1. The highest BCUT2D eigenvalue weighted by atomic mass is 35.5. The third kappa shape index (κ3) is 3.45. The Bertz CT molecular complexity index is 857. The Morgan fingerprint density at radius 1 is 1.33 bits per heavy atom. The maximum atomic E-state index is 11.8. The van der Waals surface area contributed by atoms with Gasteiger partial charge in [-0.05, 0) is 55.3 Å². The molecule has 0 amide bonds. The van der Waals surface area contributed by atoms with E-state index in [0.717, 1.165) is 24.0 Å². The lowest BCUT2D eigenvalue weighted by molar-refractivity contribution is 0.118. The highest BCUT2D eigenvalue weighted by Gasteiger charge is 2.25. The van der Waals surface area contributed by atoms with Crippen LogP contribution in [0.15, 0.2) is 41.4 Å². The Hall–Kier alpha value is -1.51. The molecule has 0 aliphatic heterocycles. The Kier molecular flexibility index (Phi) is 4.89. The molecule has 0 bridgehead atoms. The van der Waals surface area contributed by atoms with Crippen LogP contribution in [0.4, 0.5) is 0 Å². The standard InChI is InChI=1S/C16H18ClN3O3S/c1-18-24(22,23)15-4-2-3-14(19-15)16(21)20-13-8-5-10-9-11(17)6-7-12(10)13/h2-4,6-7,9,13,16,18,20-21H,5,8H2,1H3/t13-,16?/m1/s1. The van der Waals surface area contributed by atoms with Gasteiger partial charge in [0.25, 0.3) is 10.0 Å². The Morgan fingerprint density at radius 3 is 2.88 bits per heavy atom. The van der Waals surface area contributed by atoms with Crippen LogP contribution in [0.5, 0.6) is 0 Å². The molecule has 3 rings (SSSR count). The van der Waals surface area contributed by atoms with Gasteiger partial charge in [-0.3, -0.25) is 5.32 Å². The maximum Gasteiger partial charge on any atom is 0.257 e. The van der Waals surface area contributed by atoms with Crippen molar-refractivity contribution in [2.24, 2.45) is 0 Å². The van der Waals surface area contributed by atoms with Crippen LogP contribution in [-0.2, 0) is 16.4 Å². The summed E-state index contributed by atoms with van der Waals surface area (Å²) in [6.45, 7) is 0. The number of fused-ring (bicyclic) bond motifs is 1. The molecule has 1 aromatic heterocycles. The zero-order valence-corrected chi connectivity index (χ0v) is 14.6. The van der Waals surface area contributed by atoms with Gasteiger partial charge in [0.05, 0.1) is 5.69 Å². The number of hydrogen-bond donors (Lipinski definition) is 3. The fraction of sp³-hybridized carbons (Fsp3) is 0.312. The van der Waals surface area contributed by atoms with Gasteiger partial charge in [-0.25, -0.2) is 18.1 Å². The second-order valence-corrected chi connectivity index (χ2v) is 7.88. The van der Waals surface area contributed by atoms with Crippen molar-refractivity contribution in [2.45, 2.75) is 30.1 Å². The largest absolute Gasteiger partial charge is 0.373 e. The summed E-state index contributed by atoms with van der Waals surface area (Å²) >= 11 is 6.00. The Labute approximate surface area is 145 Å². The first-order valence-corrected chi connectivity index (χ1v) is 9.40. The number of halogens is 1. The van der Waals surface area contributed by atoms with E-state index in [1.54, 1.807) is 12.1 Å². The third-order valence-corrected chi connectivity index (χ3v) is 5.66. The second kappa shape index (κ2) is 6.78. The summed E-state index contributed by atoms with van der Waals surface area (Å²) in [5.41, 5.74) is 2.51. The first-order valence-electron chi connectivity index (χ1n) is 7.53. The molecule has 6 nitrogen and oxygen atoms in total. The molecule has 3 N–H and O–H groups in total. The molecular weight excluding hydrogens is 350 g/mol. The smallest absolute Gasteiger partial charge is 0.257 e. The average molecular weight is 368 g/mol. The number of nitrogens with one attached hydrogen (secondary N) is 2. The van der Waals surface area contributed by atoms with E-state index in [1.807, 2.05) is 18.2 Å². The summed E-state index contributed by atoms with van der Waals surface area (Å²) in [6.07, 6.45) is 0.645. The van der Waals surface area contributed by atoms with Gasteiger partial charge in [0.1, 0.15) is 6.23 Å². The number of aliphatic hydroxyl groups excluding tert-OH is 1. The molecular formula is C16H18ClN3O3S. The van der Waals surface area contributed by atoms with E-state index in [4.69, 9.17) is 11.6 Å². The lowest BCUT2D eigenvalue weighted by atomic mass is 10.1. The van der Waals surface area contributed by atoms with Crippen molar-refractivity contribution in [1.82, 2.24) is 15.0 Å². The van der Waals surface area contributed by atoms with Crippen molar-refractivity contribution >= 4 is 21.6 Å². The first-order chi connectivity index (χ1) is 11.4. The maximum absolute atomic E-state index is 11.8. The van der Waals surface area contributed by atoms with Gasteiger partial charge >= 0.3 is 0 Å². The number of aryl methyl sites for hydroxylation is 1. The second-order valence-electron chi connectivity index (χ2n) is 5.61. The van der Waals surface area contributed by atoms with Crippen molar-refractivity contribution in [2.75, 3.05) is 7.05 Å². The summed E-state index contributed by atoms with van der Waals surface area (Å²) in [5, 5.41) is 14.1. The molecule has 1 unspecified atom stereocenters. The SMILES string of the molecule is CNS(=O)(=O)c1cccc(C(O)N[C@@H]2CCc3cc(Cl)ccc32)n1. The van der Waals surface area contributed by atoms with Gasteiger partial charge in [-0.15, -0.1) is 0 Å². The molecule has 8 heteroatoms. The van der Waals surface area contributed by atoms with Crippen LogP contribution < -0.4 is 10.0 Å². The van der Waals surface area contributed by atoms with Gasteiger partial charge in [-0.2, -0.15) is 0 Å². The Morgan fingerprint density at radius 2 is 2.12 bits per heavy atom. The highest BCUT2D eigenvalue weighted by Crippen LogP contribution is 2.34. The molecule has 0 fully saturated rings. The summed E-state index contributed by atoms with van der Waals surface area (Å²) in [5.74, 6) is 0. The van der Waals surface area contributed by atoms with Gasteiger partial charge in [0, 0.05) is 11.1 Å². The quantitative estimate of drug-likeness (QED) is 0.702. The minimum Gasteiger partial charge on any atom is -0.373 e. The zero-order chi connectivity index (χ0) is 17.3. The lowest BCUT2D eigenvalue weighted by Crippen LogP contribution is -2.27. The van der Waals surface area contributed by atoms with Gasteiger partial charge in [-0.1, -0.05) is 23.7 Å². The average Bonchev–Trinajstić information content (AvgIpc) is 2.96. The van der Waals surface area contributed by atoms with Crippen LogP contribution in [0.3, 0.4) is 0 Å². The predicted molar refractivity (Wildman–Crippen MR) is 91.1 cm³/mol. The fourth-order valence-electron chi connectivity index (χ4n) is 2.87. The van der Waals surface area contributed by atoms with Crippen molar-refractivity contribution in [1.29, 1.82) is 0 Å². The van der Waals surface area contributed by atoms with Crippen LogP contribution >= 0.6 is 11.6 Å². The van der Waals surface area contributed by atoms with Crippen molar-refractivity contribution < 1.29 is 13.5 Å². The molecule has 0 spiro atoms. The van der Waals surface area contributed by atoms with E-state index in [0.29, 0.717) is 5.02 Å². The monoisotopic (exact) mass is 367 g/mol. The summed E-state index contributed by atoms with van der Waals surface area (Å²) in [6, 6.07) is 10.2. The number of sulfonamides is 1. The molecule has 2 aromatic rings. The van der Waals surface area contributed by atoms with Crippen LogP contribution in [0.25, 0.3) is 0 Å². The third-order valence-electron chi connectivity index (χ3n) is 4.11. The summed E-state index contributed by atoms with van der Waals surface area (Å²) < 4.78 is 25.9. The normalized spacial score (nSPS) is 18.4. The molecule has 0 radical (unpaired) electrons. The minimum absolute atomic E-state index is 0.0290. The molecule has 128 valence electrons. The molecule has 24 heavy (non-hydrogen) atoms. The van der Waals surface area contributed by atoms with Gasteiger partial charge in [0.15, 0.2) is 5.03 Å². The molecule has 1 aromatic carbocycles. The van der Waals surface area contributed by atoms with Crippen molar-refractivity contribution in [3.63, 3.8) is 0 Å². The van der Waals surface area contributed by atoms with Crippen LogP contribution in [-0.4, -0.2) is 25.6 Å². The van der Waals surface area contributed by atoms with Crippen LogP contribution in [0.1, 0.15) is 35.5 Å². The van der Waals surface area contributed by atoms with E-state index in [-0.39, 0.29) is 16.8 Å². The predicted octanol–water partition coefficient (Wildman–Crippen LogP) is 1.91. The Balaban J connectivity index is 1.80. The molecule has 2 atom stereocenters. The molecule has 1 heterocycles. The van der Waals surface area contributed by atoms with Gasteiger partial charge in [0.2, 0.25) is 0 Å². The number of benzene rings is 1. The van der Waals surface area contributed by atoms with Crippen LogP contribution in [0.2, 0.25) is 5.02 Å². The topological polar surface area (TPSA) is 91.3 Å². The summed E-state index contributed by atoms with van der Waals surface area (Å²) in [7, 11) is -2.33. The number of hydrogen-bond acceptors (Lipinski definition) is 5.